The number of carbonyl (C=O) groups is 1. The van der Waals surface area contributed by atoms with Crippen molar-refractivity contribution in [3.8, 4) is 0 Å². The van der Waals surface area contributed by atoms with Crippen LogP contribution in [0.1, 0.15) is 12.1 Å². The SMILES string of the molecule is Cc1cc(NC(=O)C2CC(F)CN2)nn1CC(F)(F)F. The Morgan fingerprint density at radius 2 is 2.30 bits per heavy atom. The summed E-state index contributed by atoms with van der Waals surface area (Å²) in [5.41, 5.74) is 0.278. The van der Waals surface area contributed by atoms with Gasteiger partial charge in [0.2, 0.25) is 5.91 Å². The fourth-order valence-electron chi connectivity index (χ4n) is 2.01. The number of hydrogen-bond donors (Lipinski definition) is 2. The van der Waals surface area contributed by atoms with Crippen LogP contribution in [0.3, 0.4) is 0 Å². The molecule has 2 rings (SSSR count). The van der Waals surface area contributed by atoms with E-state index in [1.807, 2.05) is 0 Å². The molecular weight excluding hydrogens is 280 g/mol. The van der Waals surface area contributed by atoms with Gasteiger partial charge in [0.15, 0.2) is 5.82 Å². The van der Waals surface area contributed by atoms with Gasteiger partial charge in [0.1, 0.15) is 12.7 Å². The molecule has 0 aromatic carbocycles. The Hall–Kier alpha value is -1.64. The first-order chi connectivity index (χ1) is 9.24. The molecular formula is C11H14F4N4O. The van der Waals surface area contributed by atoms with Gasteiger partial charge in [-0.3, -0.25) is 9.48 Å². The van der Waals surface area contributed by atoms with Gasteiger partial charge in [-0.2, -0.15) is 18.3 Å². The number of anilines is 1. The van der Waals surface area contributed by atoms with Gasteiger partial charge in [-0.05, 0) is 6.92 Å². The molecule has 2 N–H and O–H groups in total. The maximum Gasteiger partial charge on any atom is 0.408 e. The monoisotopic (exact) mass is 294 g/mol. The van der Waals surface area contributed by atoms with Crippen molar-refractivity contribution in [2.45, 2.75) is 38.3 Å². The number of rotatable bonds is 3. The lowest BCUT2D eigenvalue weighted by molar-refractivity contribution is -0.142. The minimum absolute atomic E-state index is 0.0286. The molecule has 1 aliphatic rings. The molecule has 1 saturated heterocycles. The Bertz CT molecular complexity index is 499. The van der Waals surface area contributed by atoms with E-state index in [0.29, 0.717) is 0 Å². The summed E-state index contributed by atoms with van der Waals surface area (Å²) >= 11 is 0. The summed E-state index contributed by atoms with van der Waals surface area (Å²) in [6, 6.07) is 0.656. The summed E-state index contributed by atoms with van der Waals surface area (Å²) in [5.74, 6) is -0.470. The highest BCUT2D eigenvalue weighted by atomic mass is 19.4. The largest absolute Gasteiger partial charge is 0.408 e. The van der Waals surface area contributed by atoms with Gasteiger partial charge in [0.25, 0.3) is 0 Å². The van der Waals surface area contributed by atoms with Gasteiger partial charge in [-0.1, -0.05) is 0 Å². The summed E-state index contributed by atoms with van der Waals surface area (Å²) in [6.07, 6.45) is -5.42. The van der Waals surface area contributed by atoms with Crippen LogP contribution in [0, 0.1) is 6.92 Å². The van der Waals surface area contributed by atoms with Crippen LogP contribution in [-0.2, 0) is 11.3 Å². The molecule has 2 unspecified atom stereocenters. The van der Waals surface area contributed by atoms with Gasteiger partial charge in [-0.25, -0.2) is 4.39 Å². The number of halogens is 4. The van der Waals surface area contributed by atoms with Crippen molar-refractivity contribution in [2.75, 3.05) is 11.9 Å². The van der Waals surface area contributed by atoms with E-state index in [1.165, 1.54) is 13.0 Å². The molecule has 0 spiro atoms. The molecule has 0 radical (unpaired) electrons. The predicted molar refractivity (Wildman–Crippen MR) is 63.0 cm³/mol. The normalized spacial score (nSPS) is 23.1. The van der Waals surface area contributed by atoms with Gasteiger partial charge in [0, 0.05) is 24.7 Å². The Morgan fingerprint density at radius 1 is 1.60 bits per heavy atom. The minimum atomic E-state index is -4.38. The second kappa shape index (κ2) is 5.39. The number of hydrogen-bond acceptors (Lipinski definition) is 3. The van der Waals surface area contributed by atoms with Crippen LogP contribution < -0.4 is 10.6 Å². The first kappa shape index (κ1) is 14.8. The Balaban J connectivity index is 2.00. The van der Waals surface area contributed by atoms with Gasteiger partial charge < -0.3 is 10.6 Å². The number of carbonyl (C=O) groups excluding carboxylic acids is 1. The molecule has 1 aromatic rings. The zero-order valence-electron chi connectivity index (χ0n) is 10.7. The van der Waals surface area contributed by atoms with Crippen molar-refractivity contribution < 1.29 is 22.4 Å². The molecule has 0 aliphatic carbocycles. The number of aryl methyl sites for hydroxylation is 1. The second-order valence-electron chi connectivity index (χ2n) is 4.73. The van der Waals surface area contributed by atoms with E-state index < -0.39 is 30.8 Å². The average molecular weight is 294 g/mol. The number of nitrogens with one attached hydrogen (secondary N) is 2. The van der Waals surface area contributed by atoms with Crippen LogP contribution in [0.4, 0.5) is 23.4 Å². The summed E-state index contributed by atoms with van der Waals surface area (Å²) < 4.78 is 50.5. The van der Waals surface area contributed by atoms with Crippen LogP contribution in [-0.4, -0.2) is 40.6 Å². The number of nitrogens with zero attached hydrogens (tertiary/aromatic N) is 2. The Labute approximate surface area is 112 Å². The van der Waals surface area contributed by atoms with Crippen molar-refractivity contribution in [1.82, 2.24) is 15.1 Å². The van der Waals surface area contributed by atoms with Gasteiger partial charge >= 0.3 is 6.18 Å². The fourth-order valence-corrected chi connectivity index (χ4v) is 2.01. The van der Waals surface area contributed by atoms with E-state index in [-0.39, 0.29) is 24.5 Å². The first-order valence-corrected chi connectivity index (χ1v) is 6.04. The average Bonchev–Trinajstić information content (AvgIpc) is 2.84. The summed E-state index contributed by atoms with van der Waals surface area (Å²) in [6.45, 7) is 0.336. The highest BCUT2D eigenvalue weighted by molar-refractivity contribution is 5.94. The minimum Gasteiger partial charge on any atom is -0.308 e. The van der Waals surface area contributed by atoms with E-state index in [0.717, 1.165) is 4.68 Å². The molecule has 1 aromatic heterocycles. The van der Waals surface area contributed by atoms with Crippen molar-refractivity contribution in [3.63, 3.8) is 0 Å². The zero-order valence-corrected chi connectivity index (χ0v) is 10.7. The van der Waals surface area contributed by atoms with Crippen molar-refractivity contribution in [3.05, 3.63) is 11.8 Å². The Kier molecular flexibility index (Phi) is 3.98. The quantitative estimate of drug-likeness (QED) is 0.828. The first-order valence-electron chi connectivity index (χ1n) is 6.04. The van der Waals surface area contributed by atoms with Crippen LogP contribution in [0.25, 0.3) is 0 Å². The molecule has 1 fully saturated rings. The third-order valence-electron chi connectivity index (χ3n) is 2.96. The van der Waals surface area contributed by atoms with E-state index in [1.54, 1.807) is 0 Å². The van der Waals surface area contributed by atoms with Gasteiger partial charge in [0.05, 0.1) is 6.04 Å². The topological polar surface area (TPSA) is 59.0 Å². The summed E-state index contributed by atoms with van der Waals surface area (Å²) in [4.78, 5) is 11.8. The lowest BCUT2D eigenvalue weighted by Gasteiger charge is -2.09. The molecule has 5 nitrogen and oxygen atoms in total. The molecule has 2 heterocycles. The van der Waals surface area contributed by atoms with Crippen molar-refractivity contribution >= 4 is 11.7 Å². The van der Waals surface area contributed by atoms with Crippen LogP contribution >= 0.6 is 0 Å². The predicted octanol–water partition coefficient (Wildman–Crippen LogP) is 1.39. The van der Waals surface area contributed by atoms with E-state index >= 15 is 0 Å². The second-order valence-corrected chi connectivity index (χ2v) is 4.73. The molecule has 1 aliphatic heterocycles. The Morgan fingerprint density at radius 3 is 2.85 bits per heavy atom. The molecule has 112 valence electrons. The molecule has 0 saturated carbocycles. The van der Waals surface area contributed by atoms with Crippen LogP contribution in [0.2, 0.25) is 0 Å². The maximum absolute atomic E-state index is 12.9. The summed E-state index contributed by atoms with van der Waals surface area (Å²) in [7, 11) is 0. The van der Waals surface area contributed by atoms with E-state index in [2.05, 4.69) is 15.7 Å². The molecule has 0 bridgehead atoms. The zero-order chi connectivity index (χ0) is 14.9. The number of alkyl halides is 4. The maximum atomic E-state index is 12.9. The number of amides is 1. The molecule has 1 amide bonds. The highest BCUT2D eigenvalue weighted by Gasteiger charge is 2.31. The van der Waals surface area contributed by atoms with Crippen molar-refractivity contribution in [2.24, 2.45) is 0 Å². The smallest absolute Gasteiger partial charge is 0.308 e. The lowest BCUT2D eigenvalue weighted by atomic mass is 10.2. The van der Waals surface area contributed by atoms with E-state index in [4.69, 9.17) is 0 Å². The summed E-state index contributed by atoms with van der Waals surface area (Å²) in [5, 5.41) is 8.74. The molecule has 20 heavy (non-hydrogen) atoms. The molecule has 9 heteroatoms. The third-order valence-corrected chi connectivity index (χ3v) is 2.96. The number of aromatic nitrogens is 2. The lowest BCUT2D eigenvalue weighted by Crippen LogP contribution is -2.35. The van der Waals surface area contributed by atoms with Crippen molar-refractivity contribution in [1.29, 1.82) is 0 Å². The fraction of sp³-hybridized carbons (Fsp3) is 0.636. The van der Waals surface area contributed by atoms with Crippen LogP contribution in [0.5, 0.6) is 0 Å². The van der Waals surface area contributed by atoms with Crippen LogP contribution in [0.15, 0.2) is 6.07 Å². The van der Waals surface area contributed by atoms with Gasteiger partial charge in [-0.15, -0.1) is 0 Å². The molecule has 2 atom stereocenters. The highest BCUT2D eigenvalue weighted by Crippen LogP contribution is 2.20. The van der Waals surface area contributed by atoms with E-state index in [9.17, 15) is 22.4 Å². The standard InChI is InChI=1S/C11H14F4N4O/c1-6-2-9(18-19(6)5-11(13,14)15)17-10(20)8-3-7(12)4-16-8/h2,7-8,16H,3-5H2,1H3,(H,17,18,20). The third kappa shape index (κ3) is 3.69.